The maximum Gasteiger partial charge on any atom is 0.317 e. The molecule has 0 aromatic heterocycles. The molecule has 0 atom stereocenters. The molecule has 0 unspecified atom stereocenters. The summed E-state index contributed by atoms with van der Waals surface area (Å²) in [5.74, 6) is -1.06. The van der Waals surface area contributed by atoms with Crippen LogP contribution in [0, 0.1) is 0 Å². The summed E-state index contributed by atoms with van der Waals surface area (Å²) in [5.41, 5.74) is 5.45. The molecule has 1 aromatic rings. The van der Waals surface area contributed by atoms with E-state index in [1.54, 1.807) is 12.1 Å². The molecule has 148 valence electrons. The molecule has 1 aliphatic carbocycles. The molecule has 0 saturated heterocycles. The summed E-state index contributed by atoms with van der Waals surface area (Å²) in [7, 11) is 1.44. The van der Waals surface area contributed by atoms with Crippen LogP contribution in [0.4, 0.5) is 0 Å². The quantitative estimate of drug-likeness (QED) is 0.530. The van der Waals surface area contributed by atoms with Gasteiger partial charge in [0.05, 0.1) is 13.7 Å². The van der Waals surface area contributed by atoms with Crippen LogP contribution < -0.4 is 20.5 Å². The van der Waals surface area contributed by atoms with Gasteiger partial charge in [-0.3, -0.25) is 19.3 Å². The zero-order valence-corrected chi connectivity index (χ0v) is 15.4. The number of methoxy groups -OCH3 is 1. The number of benzene rings is 1. The largest absolute Gasteiger partial charge is 0.493 e. The maximum absolute atomic E-state index is 12.4. The number of nitrogens with zero attached hydrogens (tertiary/aromatic N) is 1. The van der Waals surface area contributed by atoms with Crippen molar-refractivity contribution in [1.29, 1.82) is 0 Å². The van der Waals surface area contributed by atoms with Crippen molar-refractivity contribution >= 4 is 17.8 Å². The van der Waals surface area contributed by atoms with Crippen molar-refractivity contribution in [2.45, 2.75) is 31.8 Å². The van der Waals surface area contributed by atoms with E-state index in [4.69, 9.17) is 20.3 Å². The molecule has 4 N–H and O–H groups in total. The van der Waals surface area contributed by atoms with E-state index in [9.17, 15) is 14.4 Å². The summed E-state index contributed by atoms with van der Waals surface area (Å²) in [6.45, 7) is 2.30. The Morgan fingerprint density at radius 3 is 2.56 bits per heavy atom. The van der Waals surface area contributed by atoms with Crippen molar-refractivity contribution in [1.82, 2.24) is 10.2 Å². The molecule has 1 aromatic carbocycles. The zero-order valence-electron chi connectivity index (χ0n) is 15.4. The Morgan fingerprint density at radius 2 is 2.00 bits per heavy atom. The fourth-order valence-electron chi connectivity index (χ4n) is 3.02. The number of carbonyl (C=O) groups is 3. The van der Waals surface area contributed by atoms with Crippen LogP contribution in [-0.4, -0.2) is 66.7 Å². The van der Waals surface area contributed by atoms with Crippen LogP contribution in [0.2, 0.25) is 0 Å². The van der Waals surface area contributed by atoms with Gasteiger partial charge in [-0.05, 0) is 37.6 Å². The third kappa shape index (κ3) is 5.58. The van der Waals surface area contributed by atoms with Crippen LogP contribution in [0.1, 0.15) is 30.1 Å². The lowest BCUT2D eigenvalue weighted by Crippen LogP contribution is -2.54. The van der Waals surface area contributed by atoms with Gasteiger partial charge in [0.2, 0.25) is 0 Å². The number of primary amides is 1. The number of carboxylic acid groups (broad SMARTS) is 1. The van der Waals surface area contributed by atoms with Crippen molar-refractivity contribution < 1.29 is 29.0 Å². The Balaban J connectivity index is 1.91. The number of amides is 2. The first-order valence-electron chi connectivity index (χ1n) is 8.69. The highest BCUT2D eigenvalue weighted by molar-refractivity contribution is 5.95. The van der Waals surface area contributed by atoms with Crippen molar-refractivity contribution in [3.63, 3.8) is 0 Å². The van der Waals surface area contributed by atoms with Gasteiger partial charge in [-0.25, -0.2) is 0 Å². The van der Waals surface area contributed by atoms with Crippen molar-refractivity contribution in [3.05, 3.63) is 23.8 Å². The Bertz CT molecular complexity index is 702. The van der Waals surface area contributed by atoms with E-state index in [2.05, 4.69) is 5.32 Å². The second-order valence-corrected chi connectivity index (χ2v) is 6.37. The molecule has 1 aliphatic rings. The number of carbonyl (C=O) groups excluding carboxylic acids is 2. The summed E-state index contributed by atoms with van der Waals surface area (Å²) >= 11 is 0. The fourth-order valence-corrected chi connectivity index (χ4v) is 3.02. The minimum absolute atomic E-state index is 0.00197. The Morgan fingerprint density at radius 1 is 1.30 bits per heavy atom. The van der Waals surface area contributed by atoms with Gasteiger partial charge in [0, 0.05) is 17.6 Å². The lowest BCUT2D eigenvalue weighted by atomic mass is 9.85. The lowest BCUT2D eigenvalue weighted by molar-refractivity contribution is -0.139. The van der Waals surface area contributed by atoms with E-state index in [0.717, 1.165) is 0 Å². The molecular formula is C18H25N3O6. The van der Waals surface area contributed by atoms with E-state index in [1.165, 1.54) is 13.2 Å². The molecule has 1 saturated carbocycles. The highest BCUT2D eigenvalue weighted by atomic mass is 16.5. The number of hydrogen-bond acceptors (Lipinski definition) is 6. The molecule has 0 spiro atoms. The number of nitrogens with two attached hydrogens (primary N) is 1. The SMILES string of the molecule is CCN(CC(=O)O)C1CC(NC(=O)c2ccc(OCC(N)=O)c(OC)c2)C1. The zero-order chi connectivity index (χ0) is 20.0. The summed E-state index contributed by atoms with van der Waals surface area (Å²) in [6.07, 6.45) is 1.42. The van der Waals surface area contributed by atoms with E-state index >= 15 is 0 Å². The molecule has 1 fully saturated rings. The van der Waals surface area contributed by atoms with Crippen LogP contribution in [0.25, 0.3) is 0 Å². The molecule has 2 rings (SSSR count). The number of carboxylic acids is 1. The monoisotopic (exact) mass is 379 g/mol. The number of rotatable bonds is 10. The second-order valence-electron chi connectivity index (χ2n) is 6.37. The predicted molar refractivity (Wildman–Crippen MR) is 96.8 cm³/mol. The van der Waals surface area contributed by atoms with Crippen LogP contribution in [0.5, 0.6) is 11.5 Å². The molecule has 0 aliphatic heterocycles. The Kier molecular flexibility index (Phi) is 7.00. The third-order valence-corrected chi connectivity index (χ3v) is 4.51. The first-order valence-corrected chi connectivity index (χ1v) is 8.69. The van der Waals surface area contributed by atoms with Crippen molar-refractivity contribution in [2.24, 2.45) is 5.73 Å². The standard InChI is InChI=1S/C18H25N3O6/c1-3-21(9-17(23)24)13-7-12(8-13)20-18(25)11-4-5-14(15(6-11)26-2)27-10-16(19)22/h4-6,12-13H,3,7-10H2,1-2H3,(H2,19,22)(H,20,25)(H,23,24). The molecule has 27 heavy (non-hydrogen) atoms. The molecule has 2 amide bonds. The topological polar surface area (TPSA) is 131 Å². The van der Waals surface area contributed by atoms with Gasteiger partial charge in [0.25, 0.3) is 11.8 Å². The van der Waals surface area contributed by atoms with E-state index in [-0.39, 0.29) is 31.1 Å². The number of aliphatic carboxylic acids is 1. The fraction of sp³-hybridized carbons (Fsp3) is 0.500. The molecule has 0 heterocycles. The number of ether oxygens (including phenoxy) is 2. The van der Waals surface area contributed by atoms with Crippen LogP contribution >= 0.6 is 0 Å². The highest BCUT2D eigenvalue weighted by Crippen LogP contribution is 2.29. The normalized spacial score (nSPS) is 18.5. The minimum atomic E-state index is -0.852. The van der Waals surface area contributed by atoms with E-state index in [0.29, 0.717) is 36.4 Å². The second kappa shape index (κ2) is 9.22. The first kappa shape index (κ1) is 20.5. The summed E-state index contributed by atoms with van der Waals surface area (Å²) in [5, 5.41) is 11.9. The number of hydrogen-bond donors (Lipinski definition) is 3. The molecule has 9 heteroatoms. The maximum atomic E-state index is 12.4. The summed E-state index contributed by atoms with van der Waals surface area (Å²) < 4.78 is 10.4. The molecule has 0 radical (unpaired) electrons. The third-order valence-electron chi connectivity index (χ3n) is 4.51. The average molecular weight is 379 g/mol. The van der Waals surface area contributed by atoms with Gasteiger partial charge in [-0.2, -0.15) is 0 Å². The van der Waals surface area contributed by atoms with Crippen molar-refractivity contribution in [3.8, 4) is 11.5 Å². The Labute approximate surface area is 157 Å². The summed E-state index contributed by atoms with van der Waals surface area (Å²) in [6, 6.07) is 4.82. The van der Waals surface area contributed by atoms with E-state index < -0.39 is 11.9 Å². The van der Waals surface area contributed by atoms with Crippen LogP contribution in [0.15, 0.2) is 18.2 Å². The van der Waals surface area contributed by atoms with Gasteiger partial charge >= 0.3 is 5.97 Å². The van der Waals surface area contributed by atoms with Gasteiger partial charge < -0.3 is 25.6 Å². The van der Waals surface area contributed by atoms with Crippen LogP contribution in [0.3, 0.4) is 0 Å². The van der Waals surface area contributed by atoms with Crippen LogP contribution in [-0.2, 0) is 9.59 Å². The molecular weight excluding hydrogens is 354 g/mol. The summed E-state index contributed by atoms with van der Waals surface area (Å²) in [4.78, 5) is 36.0. The first-order chi connectivity index (χ1) is 12.8. The van der Waals surface area contributed by atoms with Gasteiger partial charge in [-0.15, -0.1) is 0 Å². The molecule has 0 bridgehead atoms. The van der Waals surface area contributed by atoms with Gasteiger partial charge in [0.15, 0.2) is 18.1 Å². The molecule has 9 nitrogen and oxygen atoms in total. The van der Waals surface area contributed by atoms with Crippen molar-refractivity contribution in [2.75, 3.05) is 26.8 Å². The van der Waals surface area contributed by atoms with Gasteiger partial charge in [0.1, 0.15) is 0 Å². The lowest BCUT2D eigenvalue weighted by Gasteiger charge is -2.42. The average Bonchev–Trinajstić information content (AvgIpc) is 2.60. The Hall–Kier alpha value is -2.81. The minimum Gasteiger partial charge on any atom is -0.493 e. The predicted octanol–water partition coefficient (Wildman–Crippen LogP) is 0.227. The number of nitrogens with one attached hydrogen (secondary N) is 1. The highest BCUT2D eigenvalue weighted by Gasteiger charge is 2.34. The van der Waals surface area contributed by atoms with E-state index in [1.807, 2.05) is 11.8 Å². The smallest absolute Gasteiger partial charge is 0.317 e. The number of likely N-dealkylation sites (N-methyl/N-ethyl adjacent to an activating group) is 1. The van der Waals surface area contributed by atoms with Gasteiger partial charge in [-0.1, -0.05) is 6.92 Å².